The molecule has 2 heterocycles. The highest BCUT2D eigenvalue weighted by Gasteiger charge is 2.31. The normalized spacial score (nSPS) is 27.6. The number of benzene rings is 1. The van der Waals surface area contributed by atoms with Gasteiger partial charge in [-0.1, -0.05) is 12.1 Å². The van der Waals surface area contributed by atoms with Gasteiger partial charge in [0.25, 0.3) is 0 Å². The van der Waals surface area contributed by atoms with E-state index in [1.165, 1.54) is 0 Å². The summed E-state index contributed by atoms with van der Waals surface area (Å²) in [6.07, 6.45) is 0.567. The van der Waals surface area contributed by atoms with Crippen LogP contribution in [0.5, 0.6) is 11.5 Å². The van der Waals surface area contributed by atoms with E-state index in [9.17, 15) is 0 Å². The van der Waals surface area contributed by atoms with Gasteiger partial charge in [-0.05, 0) is 19.1 Å². The molecule has 2 aliphatic rings. The number of hydrogen-bond donors (Lipinski definition) is 1. The van der Waals surface area contributed by atoms with Crippen molar-refractivity contribution in [2.75, 3.05) is 19.8 Å². The van der Waals surface area contributed by atoms with Gasteiger partial charge in [0, 0.05) is 0 Å². The van der Waals surface area contributed by atoms with Crippen LogP contribution in [0.15, 0.2) is 24.3 Å². The molecule has 0 aliphatic carbocycles. The molecular weight excluding hydrogens is 218 g/mol. The van der Waals surface area contributed by atoms with E-state index in [-0.39, 0.29) is 6.10 Å². The summed E-state index contributed by atoms with van der Waals surface area (Å²) in [5.41, 5.74) is 0. The molecule has 0 saturated carbocycles. The van der Waals surface area contributed by atoms with Crippen molar-refractivity contribution >= 4 is 0 Å². The van der Waals surface area contributed by atoms with Crippen molar-refractivity contribution in [3.05, 3.63) is 24.3 Å². The van der Waals surface area contributed by atoms with Crippen molar-refractivity contribution < 1.29 is 19.5 Å². The number of hydrogen-bond acceptors (Lipinski definition) is 3. The molecule has 3 atom stereocenters. The van der Waals surface area contributed by atoms with Gasteiger partial charge in [-0.2, -0.15) is 0 Å². The molecule has 0 aromatic heterocycles. The molecule has 17 heavy (non-hydrogen) atoms. The largest absolute Gasteiger partial charge is 0.486 e. The lowest BCUT2D eigenvalue weighted by atomic mass is 10.1. The molecule has 1 aromatic carbocycles. The fraction of sp³-hybridized carbons (Fsp3) is 0.538. The summed E-state index contributed by atoms with van der Waals surface area (Å²) in [5, 5.41) is 2.28. The number of ether oxygens (including phenoxy) is 3. The van der Waals surface area contributed by atoms with Gasteiger partial charge >= 0.3 is 0 Å². The minimum Gasteiger partial charge on any atom is -0.486 e. The molecule has 0 amide bonds. The highest BCUT2D eigenvalue weighted by molar-refractivity contribution is 5.40. The van der Waals surface area contributed by atoms with E-state index < -0.39 is 0 Å². The van der Waals surface area contributed by atoms with E-state index in [0.29, 0.717) is 18.8 Å². The Hall–Kier alpha value is -1.26. The van der Waals surface area contributed by atoms with Gasteiger partial charge < -0.3 is 19.5 Å². The van der Waals surface area contributed by atoms with Crippen LogP contribution in [0.2, 0.25) is 0 Å². The molecule has 2 aliphatic heterocycles. The minimum atomic E-state index is 0.114. The fourth-order valence-corrected chi connectivity index (χ4v) is 2.02. The maximum Gasteiger partial charge on any atom is 0.184 e. The minimum absolute atomic E-state index is 0.114. The molecule has 2 N–H and O–H groups in total. The van der Waals surface area contributed by atoms with Crippen molar-refractivity contribution in [2.45, 2.75) is 25.2 Å². The quantitative estimate of drug-likeness (QED) is 0.758. The van der Waals surface area contributed by atoms with Crippen LogP contribution in [0.4, 0.5) is 0 Å². The summed E-state index contributed by atoms with van der Waals surface area (Å²) < 4.78 is 16.9. The first kappa shape index (κ1) is 10.9. The standard InChI is InChI=1S/C13H17NO3/c1-9(14-6-10-7-15-10)13-8-16-11-4-2-3-5-12(11)17-13/h2-5,9-10,13-14H,6-8H2,1H3/p+1/t9-,10+,13+/m0/s1. The first-order chi connectivity index (χ1) is 8.33. The molecule has 1 saturated heterocycles. The Morgan fingerprint density at radius 3 is 2.82 bits per heavy atom. The molecule has 1 aromatic rings. The zero-order valence-corrected chi connectivity index (χ0v) is 9.96. The lowest BCUT2D eigenvalue weighted by molar-refractivity contribution is -0.693. The predicted molar refractivity (Wildman–Crippen MR) is 62.3 cm³/mol. The van der Waals surface area contributed by atoms with Crippen LogP contribution >= 0.6 is 0 Å². The van der Waals surface area contributed by atoms with E-state index in [1.807, 2.05) is 24.3 Å². The van der Waals surface area contributed by atoms with E-state index in [4.69, 9.17) is 14.2 Å². The Balaban J connectivity index is 1.58. The van der Waals surface area contributed by atoms with Crippen LogP contribution in [0.25, 0.3) is 0 Å². The molecule has 3 rings (SSSR count). The molecule has 0 unspecified atom stereocenters. The van der Waals surface area contributed by atoms with Crippen molar-refractivity contribution in [1.29, 1.82) is 0 Å². The molecule has 0 radical (unpaired) electrons. The second-order valence-electron chi connectivity index (χ2n) is 4.70. The van der Waals surface area contributed by atoms with Crippen LogP contribution < -0.4 is 14.8 Å². The Labute approximate surface area is 101 Å². The molecule has 0 spiro atoms. The molecule has 4 nitrogen and oxygen atoms in total. The van der Waals surface area contributed by atoms with Crippen LogP contribution in [0, 0.1) is 0 Å². The number of quaternary nitrogens is 1. The van der Waals surface area contributed by atoms with Crippen LogP contribution in [0.1, 0.15) is 6.92 Å². The summed E-state index contributed by atoms with van der Waals surface area (Å²) in [6, 6.07) is 8.21. The van der Waals surface area contributed by atoms with E-state index in [1.54, 1.807) is 0 Å². The van der Waals surface area contributed by atoms with Crippen molar-refractivity contribution in [3.8, 4) is 11.5 Å². The van der Waals surface area contributed by atoms with Crippen LogP contribution in [0.3, 0.4) is 0 Å². The average molecular weight is 236 g/mol. The number of epoxide rings is 1. The van der Waals surface area contributed by atoms with Crippen molar-refractivity contribution in [1.82, 2.24) is 0 Å². The zero-order valence-electron chi connectivity index (χ0n) is 9.96. The third kappa shape index (κ3) is 2.53. The summed E-state index contributed by atoms with van der Waals surface area (Å²) in [7, 11) is 0. The highest BCUT2D eigenvalue weighted by Crippen LogP contribution is 2.31. The van der Waals surface area contributed by atoms with E-state index >= 15 is 0 Å². The maximum atomic E-state index is 5.95. The first-order valence-corrected chi connectivity index (χ1v) is 6.16. The number of rotatable bonds is 4. The first-order valence-electron chi connectivity index (χ1n) is 6.16. The van der Waals surface area contributed by atoms with Gasteiger partial charge in [0.15, 0.2) is 17.6 Å². The fourth-order valence-electron chi connectivity index (χ4n) is 2.02. The second-order valence-corrected chi connectivity index (χ2v) is 4.70. The van der Waals surface area contributed by atoms with E-state index in [2.05, 4.69) is 12.2 Å². The Bertz CT molecular complexity index is 392. The SMILES string of the molecule is C[C@H]([NH2+]C[C@@H]1CO1)[C@H]1COc2ccccc2O1. The lowest BCUT2D eigenvalue weighted by Crippen LogP contribution is -2.93. The van der Waals surface area contributed by atoms with Crippen LogP contribution in [-0.2, 0) is 4.74 Å². The summed E-state index contributed by atoms with van der Waals surface area (Å²) in [4.78, 5) is 0. The number of nitrogens with two attached hydrogens (primary N) is 1. The van der Waals surface area contributed by atoms with Gasteiger partial charge in [-0.15, -0.1) is 0 Å². The third-order valence-electron chi connectivity index (χ3n) is 3.29. The zero-order chi connectivity index (χ0) is 11.7. The van der Waals surface area contributed by atoms with E-state index in [0.717, 1.165) is 24.7 Å². The summed E-state index contributed by atoms with van der Waals surface area (Å²) in [5.74, 6) is 1.70. The molecule has 4 heteroatoms. The number of fused-ring (bicyclic) bond motifs is 1. The smallest absolute Gasteiger partial charge is 0.184 e. The molecular formula is C13H18NO3+. The van der Waals surface area contributed by atoms with Crippen molar-refractivity contribution in [2.24, 2.45) is 0 Å². The van der Waals surface area contributed by atoms with Gasteiger partial charge in [-0.3, -0.25) is 0 Å². The summed E-state index contributed by atoms with van der Waals surface area (Å²) >= 11 is 0. The second kappa shape index (κ2) is 4.55. The van der Waals surface area contributed by atoms with Gasteiger partial charge in [0.2, 0.25) is 0 Å². The molecule has 92 valence electrons. The van der Waals surface area contributed by atoms with Gasteiger partial charge in [0.1, 0.15) is 25.3 Å². The third-order valence-corrected chi connectivity index (χ3v) is 3.29. The topological polar surface area (TPSA) is 47.6 Å². The molecule has 0 bridgehead atoms. The van der Waals surface area contributed by atoms with Crippen LogP contribution in [-0.4, -0.2) is 38.0 Å². The van der Waals surface area contributed by atoms with Gasteiger partial charge in [0.05, 0.1) is 6.61 Å². The Kier molecular flexibility index (Phi) is 2.91. The highest BCUT2D eigenvalue weighted by atomic mass is 16.6. The predicted octanol–water partition coefficient (Wildman–Crippen LogP) is 0.177. The monoisotopic (exact) mass is 236 g/mol. The maximum absolute atomic E-state index is 5.95. The van der Waals surface area contributed by atoms with Crippen molar-refractivity contribution in [3.63, 3.8) is 0 Å². The number of para-hydroxylation sites is 2. The summed E-state index contributed by atoms with van der Waals surface area (Å²) in [6.45, 7) is 4.72. The Morgan fingerprint density at radius 1 is 1.29 bits per heavy atom. The van der Waals surface area contributed by atoms with Gasteiger partial charge in [-0.25, -0.2) is 0 Å². The Morgan fingerprint density at radius 2 is 2.06 bits per heavy atom. The average Bonchev–Trinajstić information content (AvgIpc) is 3.19. The lowest BCUT2D eigenvalue weighted by Gasteiger charge is -2.29. The molecule has 1 fully saturated rings.